The van der Waals surface area contributed by atoms with Gasteiger partial charge in [0.1, 0.15) is 5.65 Å². The summed E-state index contributed by atoms with van der Waals surface area (Å²) in [5.41, 5.74) is 8.67. The zero-order valence-corrected chi connectivity index (χ0v) is 9.91. The van der Waals surface area contributed by atoms with Gasteiger partial charge < -0.3 is 10.1 Å². The molecule has 2 N–H and O–H groups in total. The number of imidazole rings is 1. The second kappa shape index (κ2) is 4.01. The van der Waals surface area contributed by atoms with Crippen LogP contribution in [0.25, 0.3) is 5.65 Å². The maximum absolute atomic E-state index is 5.74. The Morgan fingerprint density at radius 2 is 2.50 bits per heavy atom. The third-order valence-corrected chi connectivity index (χ3v) is 4.29. The van der Waals surface area contributed by atoms with Crippen LogP contribution in [0.3, 0.4) is 0 Å². The van der Waals surface area contributed by atoms with Crippen LogP contribution in [0.5, 0.6) is 0 Å². The smallest absolute Gasteiger partial charge is 0.139 e. The number of hydrogen-bond donors (Lipinski definition) is 1. The van der Waals surface area contributed by atoms with Gasteiger partial charge in [0, 0.05) is 24.1 Å². The van der Waals surface area contributed by atoms with Gasteiger partial charge in [0.15, 0.2) is 0 Å². The Balaban J connectivity index is 1.86. The van der Waals surface area contributed by atoms with Gasteiger partial charge in [-0.3, -0.25) is 0 Å². The zero-order chi connectivity index (χ0) is 11.0. The maximum atomic E-state index is 5.74. The van der Waals surface area contributed by atoms with Gasteiger partial charge >= 0.3 is 0 Å². The summed E-state index contributed by atoms with van der Waals surface area (Å²) in [6, 6.07) is 3.83. The third kappa shape index (κ3) is 1.89. The molecule has 1 saturated heterocycles. The van der Waals surface area contributed by atoms with Crippen molar-refractivity contribution in [1.29, 1.82) is 0 Å². The van der Waals surface area contributed by atoms with Gasteiger partial charge in [-0.05, 0) is 36.3 Å². The molecule has 0 aromatic carbocycles. The van der Waals surface area contributed by atoms with E-state index in [4.69, 9.17) is 5.73 Å². The minimum Gasteiger partial charge on any atom is -0.399 e. The first kappa shape index (κ1) is 10.0. The Morgan fingerprint density at radius 3 is 3.31 bits per heavy atom. The molecule has 1 aliphatic heterocycles. The van der Waals surface area contributed by atoms with Crippen molar-refractivity contribution >= 4 is 23.1 Å². The summed E-state index contributed by atoms with van der Waals surface area (Å²) in [7, 11) is 0. The largest absolute Gasteiger partial charge is 0.399 e. The molecular weight excluding hydrogens is 218 g/mol. The second-order valence-corrected chi connectivity index (χ2v) is 5.54. The molecule has 0 radical (unpaired) electrons. The average Bonchev–Trinajstić information content (AvgIpc) is 2.86. The highest BCUT2D eigenvalue weighted by Crippen LogP contribution is 2.26. The van der Waals surface area contributed by atoms with Crippen molar-refractivity contribution in [2.24, 2.45) is 5.92 Å². The van der Waals surface area contributed by atoms with Gasteiger partial charge in [0.05, 0.1) is 5.69 Å². The van der Waals surface area contributed by atoms with E-state index in [2.05, 4.69) is 22.9 Å². The average molecular weight is 233 g/mol. The summed E-state index contributed by atoms with van der Waals surface area (Å²) in [5, 5.41) is 0. The highest BCUT2D eigenvalue weighted by Gasteiger charge is 2.17. The molecule has 84 valence electrons. The summed E-state index contributed by atoms with van der Waals surface area (Å²) in [6.45, 7) is 0. The fraction of sp³-hybridized carbons (Fsp3) is 0.417. The van der Waals surface area contributed by atoms with Crippen LogP contribution in [0.4, 0.5) is 5.69 Å². The Bertz CT molecular complexity index is 500. The van der Waals surface area contributed by atoms with Crippen LogP contribution in [-0.4, -0.2) is 20.9 Å². The molecule has 0 amide bonds. The second-order valence-electron chi connectivity index (χ2n) is 4.39. The van der Waals surface area contributed by atoms with Crippen molar-refractivity contribution in [3.8, 4) is 0 Å². The normalized spacial score (nSPS) is 20.6. The van der Waals surface area contributed by atoms with Crippen molar-refractivity contribution in [3.05, 3.63) is 30.2 Å². The monoisotopic (exact) mass is 233 g/mol. The van der Waals surface area contributed by atoms with E-state index in [-0.39, 0.29) is 0 Å². The molecule has 1 aliphatic rings. The molecule has 0 bridgehead atoms. The van der Waals surface area contributed by atoms with E-state index in [1.807, 2.05) is 22.7 Å². The van der Waals surface area contributed by atoms with Gasteiger partial charge in [-0.15, -0.1) is 0 Å². The van der Waals surface area contributed by atoms with E-state index in [1.54, 1.807) is 0 Å². The van der Waals surface area contributed by atoms with Crippen molar-refractivity contribution in [3.63, 3.8) is 0 Å². The van der Waals surface area contributed by atoms with Crippen LogP contribution in [0.1, 0.15) is 12.1 Å². The number of aromatic nitrogens is 2. The van der Waals surface area contributed by atoms with Crippen LogP contribution in [0.15, 0.2) is 24.5 Å². The summed E-state index contributed by atoms with van der Waals surface area (Å²) < 4.78 is 2.05. The molecule has 4 heteroatoms. The summed E-state index contributed by atoms with van der Waals surface area (Å²) in [6.07, 6.45) is 6.54. The van der Waals surface area contributed by atoms with Gasteiger partial charge in [0.25, 0.3) is 0 Å². The summed E-state index contributed by atoms with van der Waals surface area (Å²) >= 11 is 2.06. The van der Waals surface area contributed by atoms with E-state index in [0.29, 0.717) is 0 Å². The number of nitrogen functional groups attached to an aromatic ring is 1. The van der Waals surface area contributed by atoms with Crippen molar-refractivity contribution < 1.29 is 0 Å². The number of thioether (sulfide) groups is 1. The molecule has 2 aromatic heterocycles. The molecule has 3 nitrogen and oxygen atoms in total. The van der Waals surface area contributed by atoms with Crippen LogP contribution in [0.2, 0.25) is 0 Å². The summed E-state index contributed by atoms with van der Waals surface area (Å²) in [5.74, 6) is 3.41. The van der Waals surface area contributed by atoms with Crippen LogP contribution < -0.4 is 5.73 Å². The molecule has 3 rings (SSSR count). The number of fused-ring (bicyclic) bond motifs is 1. The Hall–Kier alpha value is -1.16. The molecule has 0 saturated carbocycles. The molecule has 1 fully saturated rings. The standard InChI is InChI=1S/C12H15N3S/c13-10-1-3-15-7-11(14-12(15)6-10)5-9-2-4-16-8-9/h1,3,6-7,9H,2,4-5,8,13H2. The lowest BCUT2D eigenvalue weighted by molar-refractivity contribution is 0.589. The lowest BCUT2D eigenvalue weighted by atomic mass is 10.0. The lowest BCUT2D eigenvalue weighted by Gasteiger charge is -2.03. The van der Waals surface area contributed by atoms with Gasteiger partial charge in [0.2, 0.25) is 0 Å². The number of anilines is 1. The van der Waals surface area contributed by atoms with Crippen LogP contribution in [-0.2, 0) is 6.42 Å². The van der Waals surface area contributed by atoms with Gasteiger partial charge in [-0.2, -0.15) is 11.8 Å². The third-order valence-electron chi connectivity index (χ3n) is 3.06. The Labute approximate surface area is 99.1 Å². The highest BCUT2D eigenvalue weighted by molar-refractivity contribution is 7.99. The number of pyridine rings is 1. The first-order chi connectivity index (χ1) is 7.81. The molecular formula is C12H15N3S. The molecule has 2 aromatic rings. The van der Waals surface area contributed by atoms with Crippen molar-refractivity contribution in [2.75, 3.05) is 17.2 Å². The molecule has 3 heterocycles. The fourth-order valence-electron chi connectivity index (χ4n) is 2.19. The predicted molar refractivity (Wildman–Crippen MR) is 68.7 cm³/mol. The van der Waals surface area contributed by atoms with E-state index < -0.39 is 0 Å². The van der Waals surface area contributed by atoms with Crippen LogP contribution >= 0.6 is 11.8 Å². The first-order valence-corrected chi connectivity index (χ1v) is 6.77. The number of nitrogens with two attached hydrogens (primary N) is 1. The maximum Gasteiger partial charge on any atom is 0.139 e. The lowest BCUT2D eigenvalue weighted by Crippen LogP contribution is -2.02. The molecule has 1 unspecified atom stereocenters. The molecule has 0 aliphatic carbocycles. The van der Waals surface area contributed by atoms with Crippen molar-refractivity contribution in [1.82, 2.24) is 9.38 Å². The fourth-order valence-corrected chi connectivity index (χ4v) is 3.47. The molecule has 16 heavy (non-hydrogen) atoms. The highest BCUT2D eigenvalue weighted by atomic mass is 32.2. The first-order valence-electron chi connectivity index (χ1n) is 5.62. The predicted octanol–water partition coefficient (Wildman–Crippen LogP) is 2.21. The minimum absolute atomic E-state index is 0.779. The van der Waals surface area contributed by atoms with E-state index >= 15 is 0 Å². The minimum atomic E-state index is 0.779. The van der Waals surface area contributed by atoms with E-state index in [0.717, 1.165) is 23.7 Å². The topological polar surface area (TPSA) is 43.3 Å². The SMILES string of the molecule is Nc1ccn2cc(CC3CCSC3)nc2c1. The van der Waals surface area contributed by atoms with E-state index in [1.165, 1.54) is 23.6 Å². The van der Waals surface area contributed by atoms with Crippen LogP contribution in [0, 0.1) is 5.92 Å². The quantitative estimate of drug-likeness (QED) is 0.865. The van der Waals surface area contributed by atoms with E-state index in [9.17, 15) is 0 Å². The molecule has 0 spiro atoms. The summed E-state index contributed by atoms with van der Waals surface area (Å²) in [4.78, 5) is 4.61. The Morgan fingerprint density at radius 1 is 1.56 bits per heavy atom. The van der Waals surface area contributed by atoms with Gasteiger partial charge in [-0.25, -0.2) is 4.98 Å². The molecule has 1 atom stereocenters. The number of nitrogens with zero attached hydrogens (tertiary/aromatic N) is 2. The Kier molecular flexibility index (Phi) is 2.52. The number of rotatable bonds is 2. The number of hydrogen-bond acceptors (Lipinski definition) is 3. The van der Waals surface area contributed by atoms with Crippen molar-refractivity contribution in [2.45, 2.75) is 12.8 Å². The van der Waals surface area contributed by atoms with Gasteiger partial charge in [-0.1, -0.05) is 0 Å². The zero-order valence-electron chi connectivity index (χ0n) is 9.10.